The van der Waals surface area contributed by atoms with Crippen LogP contribution in [-0.2, 0) is 5.41 Å². The van der Waals surface area contributed by atoms with E-state index in [2.05, 4.69) is 41.2 Å². The molecule has 0 bridgehead atoms. The maximum atomic E-state index is 9.02. The molecule has 96 valence electrons. The van der Waals surface area contributed by atoms with Gasteiger partial charge >= 0.3 is 0 Å². The number of hydrogen-bond acceptors (Lipinski definition) is 3. The van der Waals surface area contributed by atoms with Crippen LogP contribution in [0.2, 0.25) is 0 Å². The van der Waals surface area contributed by atoms with E-state index in [9.17, 15) is 0 Å². The summed E-state index contributed by atoms with van der Waals surface area (Å²) in [5.41, 5.74) is 1.14. The summed E-state index contributed by atoms with van der Waals surface area (Å²) >= 11 is 3.55. The quantitative estimate of drug-likeness (QED) is 0.749. The zero-order valence-corrected chi connectivity index (χ0v) is 11.9. The van der Waals surface area contributed by atoms with Crippen LogP contribution < -0.4 is 5.32 Å². The Balaban J connectivity index is 2.71. The van der Waals surface area contributed by atoms with Crippen LogP contribution in [0.5, 0.6) is 0 Å². The van der Waals surface area contributed by atoms with E-state index in [4.69, 9.17) is 10.2 Å². The van der Waals surface area contributed by atoms with Gasteiger partial charge in [0.25, 0.3) is 0 Å². The Bertz CT molecular complexity index is 351. The molecule has 1 rings (SSSR count). The van der Waals surface area contributed by atoms with Gasteiger partial charge in [-0.1, -0.05) is 48.0 Å². The van der Waals surface area contributed by atoms with E-state index >= 15 is 0 Å². The first-order valence-electron chi connectivity index (χ1n) is 5.71. The predicted molar refractivity (Wildman–Crippen MR) is 73.1 cm³/mol. The maximum absolute atomic E-state index is 9.02. The second kappa shape index (κ2) is 6.50. The van der Waals surface area contributed by atoms with Gasteiger partial charge < -0.3 is 15.5 Å². The third kappa shape index (κ3) is 4.07. The highest BCUT2D eigenvalue weighted by atomic mass is 79.9. The van der Waals surface area contributed by atoms with E-state index in [0.29, 0.717) is 6.54 Å². The van der Waals surface area contributed by atoms with Crippen molar-refractivity contribution >= 4 is 15.9 Å². The SMILES string of the molecule is CC(C)(CNC(CO)CO)c1ccccc1Br. The second-order valence-electron chi connectivity index (χ2n) is 4.81. The predicted octanol–water partition coefficient (Wildman–Crippen LogP) is 1.67. The van der Waals surface area contributed by atoms with E-state index in [1.807, 2.05) is 18.2 Å². The fraction of sp³-hybridized carbons (Fsp3) is 0.538. The number of hydrogen-bond donors (Lipinski definition) is 3. The van der Waals surface area contributed by atoms with E-state index in [1.165, 1.54) is 5.56 Å². The molecule has 1 aromatic carbocycles. The van der Waals surface area contributed by atoms with Crippen LogP contribution in [-0.4, -0.2) is 36.0 Å². The average Bonchev–Trinajstić information content (AvgIpc) is 2.30. The van der Waals surface area contributed by atoms with Crippen LogP contribution in [0.1, 0.15) is 19.4 Å². The zero-order chi connectivity index (χ0) is 12.9. The molecule has 0 radical (unpaired) electrons. The van der Waals surface area contributed by atoms with Gasteiger partial charge in [-0.3, -0.25) is 0 Å². The second-order valence-corrected chi connectivity index (χ2v) is 5.66. The van der Waals surface area contributed by atoms with Gasteiger partial charge in [-0.15, -0.1) is 0 Å². The Morgan fingerprint density at radius 1 is 1.24 bits per heavy atom. The molecule has 0 fully saturated rings. The van der Waals surface area contributed by atoms with E-state index < -0.39 is 0 Å². The number of benzene rings is 1. The van der Waals surface area contributed by atoms with Crippen molar-refractivity contribution in [1.82, 2.24) is 5.32 Å². The molecule has 3 nitrogen and oxygen atoms in total. The largest absolute Gasteiger partial charge is 0.395 e. The molecule has 0 aliphatic carbocycles. The Labute approximate surface area is 111 Å². The van der Waals surface area contributed by atoms with Gasteiger partial charge in [-0.05, 0) is 11.6 Å². The molecule has 3 N–H and O–H groups in total. The van der Waals surface area contributed by atoms with Gasteiger partial charge in [-0.25, -0.2) is 0 Å². The number of rotatable bonds is 6. The van der Waals surface area contributed by atoms with Crippen molar-refractivity contribution in [3.63, 3.8) is 0 Å². The van der Waals surface area contributed by atoms with Gasteiger partial charge in [0.05, 0.1) is 19.3 Å². The lowest BCUT2D eigenvalue weighted by Gasteiger charge is -2.28. The molecule has 0 aliphatic rings. The normalized spacial score (nSPS) is 12.1. The highest BCUT2D eigenvalue weighted by Crippen LogP contribution is 2.29. The van der Waals surface area contributed by atoms with Crippen molar-refractivity contribution in [1.29, 1.82) is 0 Å². The maximum Gasteiger partial charge on any atom is 0.0607 e. The lowest BCUT2D eigenvalue weighted by molar-refractivity contribution is 0.166. The van der Waals surface area contributed by atoms with Crippen molar-refractivity contribution in [3.8, 4) is 0 Å². The van der Waals surface area contributed by atoms with E-state index in [0.717, 1.165) is 4.47 Å². The molecule has 17 heavy (non-hydrogen) atoms. The van der Waals surface area contributed by atoms with Gasteiger partial charge in [0, 0.05) is 16.4 Å². The fourth-order valence-electron chi connectivity index (χ4n) is 1.69. The fourth-order valence-corrected chi connectivity index (χ4v) is 2.51. The first-order chi connectivity index (χ1) is 8.01. The number of halogens is 1. The lowest BCUT2D eigenvalue weighted by Crippen LogP contribution is -2.43. The minimum Gasteiger partial charge on any atom is -0.395 e. The molecule has 0 aromatic heterocycles. The summed E-state index contributed by atoms with van der Waals surface area (Å²) in [7, 11) is 0. The Morgan fingerprint density at radius 3 is 2.35 bits per heavy atom. The van der Waals surface area contributed by atoms with Crippen molar-refractivity contribution in [2.75, 3.05) is 19.8 Å². The molecule has 0 spiro atoms. The first-order valence-corrected chi connectivity index (χ1v) is 6.50. The molecule has 0 aliphatic heterocycles. The first kappa shape index (κ1) is 14.6. The summed E-state index contributed by atoms with van der Waals surface area (Å²) in [6, 6.07) is 7.85. The average molecular weight is 302 g/mol. The monoisotopic (exact) mass is 301 g/mol. The van der Waals surface area contributed by atoms with Crippen LogP contribution >= 0.6 is 15.9 Å². The van der Waals surface area contributed by atoms with Crippen LogP contribution in [0.25, 0.3) is 0 Å². The molecule has 1 aromatic rings. The van der Waals surface area contributed by atoms with E-state index in [-0.39, 0.29) is 24.7 Å². The van der Waals surface area contributed by atoms with Gasteiger partial charge in [0.1, 0.15) is 0 Å². The van der Waals surface area contributed by atoms with E-state index in [1.54, 1.807) is 0 Å². The van der Waals surface area contributed by atoms with Crippen LogP contribution in [0.3, 0.4) is 0 Å². The summed E-state index contributed by atoms with van der Waals surface area (Å²) in [6.45, 7) is 4.85. The van der Waals surface area contributed by atoms with Crippen LogP contribution in [0.15, 0.2) is 28.7 Å². The third-order valence-corrected chi connectivity index (χ3v) is 3.57. The molecule has 0 unspecified atom stereocenters. The van der Waals surface area contributed by atoms with Gasteiger partial charge in [0.15, 0.2) is 0 Å². The minimum absolute atomic E-state index is 0.0530. The van der Waals surface area contributed by atoms with Gasteiger partial charge in [-0.2, -0.15) is 0 Å². The lowest BCUT2D eigenvalue weighted by atomic mass is 9.84. The summed E-state index contributed by atoms with van der Waals surface area (Å²) in [6.07, 6.45) is 0. The molecule has 0 amide bonds. The smallest absolute Gasteiger partial charge is 0.0607 e. The van der Waals surface area contributed by atoms with Crippen molar-refractivity contribution in [3.05, 3.63) is 34.3 Å². The van der Waals surface area contributed by atoms with Crippen LogP contribution in [0, 0.1) is 0 Å². The molecule has 0 saturated heterocycles. The number of nitrogens with one attached hydrogen (secondary N) is 1. The Hall–Kier alpha value is -0.420. The minimum atomic E-state index is -0.253. The van der Waals surface area contributed by atoms with Crippen molar-refractivity contribution < 1.29 is 10.2 Å². The van der Waals surface area contributed by atoms with Gasteiger partial charge in [0.2, 0.25) is 0 Å². The van der Waals surface area contributed by atoms with Crippen molar-refractivity contribution in [2.24, 2.45) is 0 Å². The number of aliphatic hydroxyl groups is 2. The molecular formula is C13H20BrNO2. The molecule has 0 saturated carbocycles. The van der Waals surface area contributed by atoms with Crippen LogP contribution in [0.4, 0.5) is 0 Å². The van der Waals surface area contributed by atoms with Crippen molar-refractivity contribution in [2.45, 2.75) is 25.3 Å². The zero-order valence-electron chi connectivity index (χ0n) is 10.3. The standard InChI is InChI=1S/C13H20BrNO2/c1-13(2,9-15-10(7-16)8-17)11-5-3-4-6-12(11)14/h3-6,10,15-17H,7-9H2,1-2H3. The highest BCUT2D eigenvalue weighted by molar-refractivity contribution is 9.10. The molecular weight excluding hydrogens is 282 g/mol. The molecule has 4 heteroatoms. The summed E-state index contributed by atoms with van der Waals surface area (Å²) in [5.74, 6) is 0. The summed E-state index contributed by atoms with van der Waals surface area (Å²) in [5, 5.41) is 21.2. The molecule has 0 heterocycles. The molecule has 0 atom stereocenters. The Kier molecular flexibility index (Phi) is 5.59. The summed E-state index contributed by atoms with van der Waals surface area (Å²) < 4.78 is 1.08. The Morgan fingerprint density at radius 2 is 1.82 bits per heavy atom. The summed E-state index contributed by atoms with van der Waals surface area (Å²) in [4.78, 5) is 0. The third-order valence-electron chi connectivity index (χ3n) is 2.88. The topological polar surface area (TPSA) is 52.5 Å². The highest BCUT2D eigenvalue weighted by Gasteiger charge is 2.23. The number of aliphatic hydroxyl groups excluding tert-OH is 2.